The van der Waals surface area contributed by atoms with Gasteiger partial charge in [-0.15, -0.1) is 0 Å². The third-order valence-electron chi connectivity index (χ3n) is 2.02. The Morgan fingerprint density at radius 1 is 1.40 bits per heavy atom. The standard InChI is InChI=1S/C9H6ClNO3S/c10-9(12)8-5-6-3-1-2-4-7(6)11(8)15(13)14/h1-5H,(H,13,14). The van der Waals surface area contributed by atoms with Gasteiger partial charge in [-0.2, -0.15) is 0 Å². The van der Waals surface area contributed by atoms with Gasteiger partial charge in [0, 0.05) is 5.39 Å². The van der Waals surface area contributed by atoms with Crippen LogP contribution >= 0.6 is 11.6 Å². The molecule has 1 aromatic heterocycles. The van der Waals surface area contributed by atoms with Crippen molar-refractivity contribution in [3.63, 3.8) is 0 Å². The second-order valence-electron chi connectivity index (χ2n) is 2.89. The molecule has 0 aliphatic rings. The number of rotatable bonds is 2. The van der Waals surface area contributed by atoms with E-state index < -0.39 is 16.5 Å². The summed E-state index contributed by atoms with van der Waals surface area (Å²) in [5, 5.41) is -0.0579. The van der Waals surface area contributed by atoms with Crippen molar-refractivity contribution in [2.75, 3.05) is 0 Å². The molecule has 0 aliphatic heterocycles. The van der Waals surface area contributed by atoms with Crippen LogP contribution in [0.4, 0.5) is 0 Å². The van der Waals surface area contributed by atoms with Crippen molar-refractivity contribution in [2.24, 2.45) is 0 Å². The highest BCUT2D eigenvalue weighted by molar-refractivity contribution is 7.77. The number of fused-ring (bicyclic) bond motifs is 1. The van der Waals surface area contributed by atoms with Crippen molar-refractivity contribution in [3.05, 3.63) is 36.0 Å². The molecule has 1 aromatic carbocycles. The fourth-order valence-corrected chi connectivity index (χ4v) is 2.26. The van der Waals surface area contributed by atoms with E-state index in [0.29, 0.717) is 10.9 Å². The van der Waals surface area contributed by atoms with Crippen molar-refractivity contribution in [3.8, 4) is 0 Å². The minimum Gasteiger partial charge on any atom is -0.289 e. The molecular formula is C9H6ClNO3S. The van der Waals surface area contributed by atoms with Crippen molar-refractivity contribution in [1.82, 2.24) is 3.97 Å². The van der Waals surface area contributed by atoms with Crippen LogP contribution in [-0.4, -0.2) is 18.0 Å². The number of para-hydroxylation sites is 1. The summed E-state index contributed by atoms with van der Waals surface area (Å²) in [7, 11) is 0. The Balaban J connectivity index is 2.86. The average Bonchev–Trinajstić information content (AvgIpc) is 2.56. The molecular weight excluding hydrogens is 238 g/mol. The third kappa shape index (κ3) is 1.69. The summed E-state index contributed by atoms with van der Waals surface area (Å²) in [6.07, 6.45) is 0. The first-order valence-electron chi connectivity index (χ1n) is 4.03. The van der Waals surface area contributed by atoms with Gasteiger partial charge in [0.15, 0.2) is 0 Å². The minimum absolute atomic E-state index is 0.0127. The number of carbonyl (C=O) groups is 1. The molecule has 0 saturated carbocycles. The van der Waals surface area contributed by atoms with E-state index >= 15 is 0 Å². The molecule has 78 valence electrons. The smallest absolute Gasteiger partial charge is 0.269 e. The number of halogens is 1. The van der Waals surface area contributed by atoms with Gasteiger partial charge in [0.05, 0.1) is 5.52 Å². The van der Waals surface area contributed by atoms with Crippen molar-refractivity contribution < 1.29 is 13.6 Å². The first kappa shape index (κ1) is 10.4. The topological polar surface area (TPSA) is 59.3 Å². The zero-order valence-electron chi connectivity index (χ0n) is 7.38. The van der Waals surface area contributed by atoms with E-state index in [1.807, 2.05) is 0 Å². The molecule has 1 unspecified atom stereocenters. The lowest BCUT2D eigenvalue weighted by atomic mass is 10.2. The summed E-state index contributed by atoms with van der Waals surface area (Å²) >= 11 is 3.03. The molecule has 2 rings (SSSR count). The van der Waals surface area contributed by atoms with Gasteiger partial charge < -0.3 is 0 Å². The van der Waals surface area contributed by atoms with Crippen LogP contribution < -0.4 is 0 Å². The summed E-state index contributed by atoms with van der Waals surface area (Å²) in [6, 6.07) is 8.36. The fraction of sp³-hybridized carbons (Fsp3) is 0. The summed E-state index contributed by atoms with van der Waals surface area (Å²) in [6.45, 7) is 0. The average molecular weight is 244 g/mol. The van der Waals surface area contributed by atoms with Crippen molar-refractivity contribution >= 4 is 39.0 Å². The van der Waals surface area contributed by atoms with Gasteiger partial charge in [0.25, 0.3) is 16.5 Å². The molecule has 0 amide bonds. The summed E-state index contributed by atoms with van der Waals surface area (Å²) in [5.41, 5.74) is 0.515. The Kier molecular flexibility index (Phi) is 2.60. The third-order valence-corrected chi connectivity index (χ3v) is 2.92. The van der Waals surface area contributed by atoms with Crippen molar-refractivity contribution in [1.29, 1.82) is 0 Å². The number of carbonyl (C=O) groups excluding carboxylic acids is 1. The number of nitrogens with zero attached hydrogens (tertiary/aromatic N) is 1. The molecule has 15 heavy (non-hydrogen) atoms. The van der Waals surface area contributed by atoms with E-state index in [9.17, 15) is 9.00 Å². The number of hydrogen-bond acceptors (Lipinski definition) is 2. The van der Waals surface area contributed by atoms with Gasteiger partial charge in [-0.05, 0) is 23.7 Å². The molecule has 0 aliphatic carbocycles. The fourth-order valence-electron chi connectivity index (χ4n) is 1.44. The SMILES string of the molecule is O=C(Cl)c1cc2ccccc2n1S(=O)O. The maximum Gasteiger partial charge on any atom is 0.269 e. The van der Waals surface area contributed by atoms with Crippen LogP contribution in [0.25, 0.3) is 10.9 Å². The Labute approximate surface area is 92.9 Å². The molecule has 1 N–H and O–H groups in total. The number of aromatic nitrogens is 1. The van der Waals surface area contributed by atoms with E-state index in [4.69, 9.17) is 16.2 Å². The van der Waals surface area contributed by atoms with E-state index in [0.717, 1.165) is 3.97 Å². The van der Waals surface area contributed by atoms with Crippen LogP contribution in [0.15, 0.2) is 30.3 Å². The molecule has 0 fully saturated rings. The van der Waals surface area contributed by atoms with Gasteiger partial charge >= 0.3 is 0 Å². The molecule has 2 aromatic rings. The lowest BCUT2D eigenvalue weighted by molar-refractivity contribution is 0.107. The monoisotopic (exact) mass is 243 g/mol. The van der Waals surface area contributed by atoms with Gasteiger partial charge in [-0.3, -0.25) is 9.35 Å². The molecule has 0 radical (unpaired) electrons. The summed E-state index contributed by atoms with van der Waals surface area (Å²) in [4.78, 5) is 11.0. The van der Waals surface area contributed by atoms with Crippen LogP contribution in [0.1, 0.15) is 10.5 Å². The van der Waals surface area contributed by atoms with Crippen LogP contribution in [0.3, 0.4) is 0 Å². The predicted octanol–water partition coefficient (Wildman–Crippen LogP) is 2.01. The van der Waals surface area contributed by atoms with Gasteiger partial charge in [0.1, 0.15) is 5.69 Å². The molecule has 0 saturated heterocycles. The zero-order valence-corrected chi connectivity index (χ0v) is 8.96. The molecule has 1 heterocycles. The van der Waals surface area contributed by atoms with Crippen LogP contribution in [0.5, 0.6) is 0 Å². The van der Waals surface area contributed by atoms with E-state index in [2.05, 4.69) is 0 Å². The van der Waals surface area contributed by atoms with E-state index in [1.54, 1.807) is 24.3 Å². The van der Waals surface area contributed by atoms with Crippen LogP contribution in [0, 0.1) is 0 Å². The van der Waals surface area contributed by atoms with Crippen molar-refractivity contribution in [2.45, 2.75) is 0 Å². The van der Waals surface area contributed by atoms with Crippen LogP contribution in [0.2, 0.25) is 0 Å². The molecule has 1 atom stereocenters. The summed E-state index contributed by atoms with van der Waals surface area (Å²) in [5.74, 6) is 0. The highest BCUT2D eigenvalue weighted by Crippen LogP contribution is 2.21. The normalized spacial score (nSPS) is 12.9. The quantitative estimate of drug-likeness (QED) is 0.648. The zero-order chi connectivity index (χ0) is 11.0. The number of hydrogen-bond donors (Lipinski definition) is 1. The summed E-state index contributed by atoms with van der Waals surface area (Å²) < 4.78 is 21.1. The number of benzene rings is 1. The van der Waals surface area contributed by atoms with Gasteiger partial charge in [-0.1, -0.05) is 18.2 Å². The molecule has 6 heteroatoms. The Bertz CT molecular complexity index is 563. The van der Waals surface area contributed by atoms with E-state index in [1.165, 1.54) is 6.07 Å². The Hall–Kier alpha value is -1.17. The predicted molar refractivity (Wildman–Crippen MR) is 58.3 cm³/mol. The van der Waals surface area contributed by atoms with Crippen LogP contribution in [-0.2, 0) is 11.3 Å². The minimum atomic E-state index is -2.29. The highest BCUT2D eigenvalue weighted by Gasteiger charge is 2.16. The Morgan fingerprint density at radius 2 is 2.07 bits per heavy atom. The first-order valence-corrected chi connectivity index (χ1v) is 5.47. The van der Waals surface area contributed by atoms with Gasteiger partial charge in [-0.25, -0.2) is 8.18 Å². The second-order valence-corrected chi connectivity index (χ2v) is 4.06. The molecule has 0 bridgehead atoms. The lowest BCUT2D eigenvalue weighted by Crippen LogP contribution is -2.08. The Morgan fingerprint density at radius 3 is 2.67 bits per heavy atom. The maximum absolute atomic E-state index is 11.1. The van der Waals surface area contributed by atoms with E-state index in [-0.39, 0.29) is 5.69 Å². The maximum atomic E-state index is 11.1. The highest BCUT2D eigenvalue weighted by atomic mass is 35.5. The van der Waals surface area contributed by atoms with Gasteiger partial charge in [0.2, 0.25) is 0 Å². The molecule has 0 spiro atoms. The second kappa shape index (κ2) is 3.77. The lowest BCUT2D eigenvalue weighted by Gasteiger charge is -2.00. The first-order chi connectivity index (χ1) is 7.11. The largest absolute Gasteiger partial charge is 0.289 e. The molecule has 4 nitrogen and oxygen atoms in total.